The maximum absolute atomic E-state index is 6.82. The molecule has 5 nitrogen and oxygen atoms in total. The quantitative estimate of drug-likeness (QED) is 0.181. The van der Waals surface area contributed by atoms with Crippen molar-refractivity contribution in [3.8, 4) is 16.8 Å². The molecule has 0 aliphatic carbocycles. The van der Waals surface area contributed by atoms with Crippen LogP contribution in [-0.2, 0) is 10.8 Å². The summed E-state index contributed by atoms with van der Waals surface area (Å²) in [7, 11) is 2.37. The summed E-state index contributed by atoms with van der Waals surface area (Å²) in [5.74, 6) is 0. The van der Waals surface area contributed by atoms with Crippen LogP contribution in [0.25, 0.3) is 104 Å². The van der Waals surface area contributed by atoms with E-state index < -0.39 is 0 Å². The highest BCUT2D eigenvalue weighted by molar-refractivity contribution is 6.74. The molecule has 0 amide bonds. The topological polar surface area (TPSA) is 56.4 Å². The van der Waals surface area contributed by atoms with E-state index in [9.17, 15) is 0 Å². The maximum Gasteiger partial charge on any atom is 0.198 e. The minimum Gasteiger partial charge on any atom is -0.456 e. The lowest BCUT2D eigenvalue weighted by atomic mass is 9.58. The van der Waals surface area contributed by atoms with Crippen LogP contribution in [0.15, 0.2) is 147 Å². The molecule has 63 heavy (non-hydrogen) atoms. The summed E-state index contributed by atoms with van der Waals surface area (Å²) in [5, 5.41) is 13.0. The Morgan fingerprint density at radius 3 is 1.79 bits per heavy atom. The smallest absolute Gasteiger partial charge is 0.198 e. The molecule has 0 bridgehead atoms. The lowest BCUT2D eigenvalue weighted by molar-refractivity contribution is 0.587. The van der Waals surface area contributed by atoms with Crippen LogP contribution in [0.2, 0.25) is 0 Å². The molecule has 1 radical (unpaired) electrons. The van der Waals surface area contributed by atoms with Gasteiger partial charge in [-0.1, -0.05) is 114 Å². The first-order valence-corrected chi connectivity index (χ1v) is 22.0. The molecule has 0 saturated carbocycles. The standard InChI is InChI=1S/C57H44BN2O3/c1-30-22-41(37-27-50-39(36-21-18-32(57(5,6)7)23-49(36)63-50)25-44(37)59-33-19-16-31(17-20-33)56(2,3)4)54-55-53(30)42-24-38-34-12-8-10-14-47(34)62-52(38)29-45(42)60(55)46-26-40-35-13-9-11-15-48(35)61-51(40)28-43(46)58-54/h8-29,59H,1-7H3. The van der Waals surface area contributed by atoms with E-state index in [1.54, 1.807) is 0 Å². The number of nitrogens with zero attached hydrogens (tertiary/aromatic N) is 1. The van der Waals surface area contributed by atoms with Crippen molar-refractivity contribution in [2.45, 2.75) is 59.3 Å². The molecule has 1 aliphatic rings. The lowest BCUT2D eigenvalue weighted by Crippen LogP contribution is -2.37. The molecule has 303 valence electrons. The first-order valence-electron chi connectivity index (χ1n) is 22.0. The second-order valence-corrected chi connectivity index (χ2v) is 19.7. The van der Waals surface area contributed by atoms with Crippen LogP contribution in [0.3, 0.4) is 0 Å². The largest absolute Gasteiger partial charge is 0.456 e. The third-order valence-corrected chi connectivity index (χ3v) is 13.6. The number of rotatable bonds is 3. The van der Waals surface area contributed by atoms with E-state index in [1.807, 2.05) is 12.1 Å². The van der Waals surface area contributed by atoms with Crippen LogP contribution in [-0.4, -0.2) is 11.8 Å². The Morgan fingerprint density at radius 2 is 1.08 bits per heavy atom. The summed E-state index contributed by atoms with van der Waals surface area (Å²) in [5.41, 5.74) is 19.0. The van der Waals surface area contributed by atoms with Gasteiger partial charge >= 0.3 is 0 Å². The molecular weight excluding hydrogens is 771 g/mol. The highest BCUT2D eigenvalue weighted by Crippen LogP contribution is 2.45. The van der Waals surface area contributed by atoms with E-state index in [0.29, 0.717) is 0 Å². The van der Waals surface area contributed by atoms with Crippen LogP contribution >= 0.6 is 0 Å². The van der Waals surface area contributed by atoms with E-state index >= 15 is 0 Å². The van der Waals surface area contributed by atoms with E-state index in [-0.39, 0.29) is 10.8 Å². The van der Waals surface area contributed by atoms with Crippen molar-refractivity contribution in [1.29, 1.82) is 0 Å². The number of benzene rings is 8. The van der Waals surface area contributed by atoms with Crippen molar-refractivity contribution in [3.63, 3.8) is 0 Å². The van der Waals surface area contributed by atoms with Crippen LogP contribution in [0.1, 0.15) is 58.2 Å². The molecule has 0 saturated heterocycles. The molecule has 0 spiro atoms. The molecule has 0 atom stereocenters. The molecule has 0 unspecified atom stereocenters. The van der Waals surface area contributed by atoms with Crippen molar-refractivity contribution < 1.29 is 13.3 Å². The van der Waals surface area contributed by atoms with Crippen molar-refractivity contribution in [2.75, 3.05) is 5.32 Å². The molecular formula is C57H44BN2O3. The summed E-state index contributed by atoms with van der Waals surface area (Å²) in [6, 6.07) is 48.3. The fourth-order valence-corrected chi connectivity index (χ4v) is 10.3. The SMILES string of the molecule is Cc1cc(-c2cc3oc4cc(C(C)(C)C)ccc4c3cc2Nc2ccc(C(C)(C)C)cc2)c2c3c1c1cc4c(cc1n3-c1cc3c(cc1[B]2)oc1ccccc13)oc1ccccc14. The van der Waals surface area contributed by atoms with Gasteiger partial charge in [0, 0.05) is 77.3 Å². The third kappa shape index (κ3) is 5.30. The predicted octanol–water partition coefficient (Wildman–Crippen LogP) is 14.8. The number of nitrogens with one attached hydrogen (secondary N) is 1. The van der Waals surface area contributed by atoms with Gasteiger partial charge in [0.2, 0.25) is 0 Å². The number of hydrogen-bond acceptors (Lipinski definition) is 4. The zero-order chi connectivity index (χ0) is 42.7. The minimum atomic E-state index is -0.00591. The molecule has 1 aliphatic heterocycles. The Hall–Kier alpha value is -7.18. The number of aryl methyl sites for hydroxylation is 1. The van der Waals surface area contributed by atoms with Gasteiger partial charge in [0.15, 0.2) is 7.28 Å². The van der Waals surface area contributed by atoms with Crippen molar-refractivity contribution in [3.05, 3.63) is 150 Å². The van der Waals surface area contributed by atoms with Gasteiger partial charge in [-0.05, 0) is 106 Å². The monoisotopic (exact) mass is 815 g/mol. The summed E-state index contributed by atoms with van der Waals surface area (Å²) >= 11 is 0. The molecule has 5 heterocycles. The number of furan rings is 3. The second-order valence-electron chi connectivity index (χ2n) is 19.7. The van der Waals surface area contributed by atoms with Crippen LogP contribution in [0, 0.1) is 6.92 Å². The average molecular weight is 816 g/mol. The molecule has 6 heteroatoms. The van der Waals surface area contributed by atoms with Gasteiger partial charge in [-0.25, -0.2) is 0 Å². The summed E-state index contributed by atoms with van der Waals surface area (Å²) in [4.78, 5) is 0. The van der Waals surface area contributed by atoms with E-state index in [2.05, 4.69) is 187 Å². The van der Waals surface area contributed by atoms with Gasteiger partial charge in [0.05, 0.1) is 5.52 Å². The summed E-state index contributed by atoms with van der Waals surface area (Å²) in [6.07, 6.45) is 0. The van der Waals surface area contributed by atoms with Gasteiger partial charge in [0.1, 0.15) is 33.5 Å². The summed E-state index contributed by atoms with van der Waals surface area (Å²) < 4.78 is 22.4. The Morgan fingerprint density at radius 1 is 0.492 bits per heavy atom. The van der Waals surface area contributed by atoms with Gasteiger partial charge in [-0.2, -0.15) is 0 Å². The normalized spacial score (nSPS) is 13.1. The van der Waals surface area contributed by atoms with Crippen LogP contribution in [0.5, 0.6) is 0 Å². The number of para-hydroxylation sites is 2. The lowest BCUT2D eigenvalue weighted by Gasteiger charge is -2.25. The molecule has 13 rings (SSSR count). The average Bonchev–Trinajstić information content (AvgIpc) is 4.01. The van der Waals surface area contributed by atoms with Gasteiger partial charge in [-0.15, -0.1) is 0 Å². The van der Waals surface area contributed by atoms with Crippen molar-refractivity contribution in [2.24, 2.45) is 0 Å². The number of anilines is 2. The summed E-state index contributed by atoms with van der Waals surface area (Å²) in [6.45, 7) is 15.8. The van der Waals surface area contributed by atoms with Crippen LogP contribution < -0.4 is 16.2 Å². The first-order chi connectivity index (χ1) is 30.4. The molecule has 12 aromatic rings. The zero-order valence-electron chi connectivity index (χ0n) is 36.5. The van der Waals surface area contributed by atoms with E-state index in [4.69, 9.17) is 13.3 Å². The molecule has 4 aromatic heterocycles. The third-order valence-electron chi connectivity index (χ3n) is 13.6. The highest BCUT2D eigenvalue weighted by atomic mass is 16.3. The first kappa shape index (κ1) is 36.5. The maximum atomic E-state index is 6.82. The van der Waals surface area contributed by atoms with Crippen molar-refractivity contribution >= 4 is 117 Å². The number of hydrogen-bond donors (Lipinski definition) is 1. The minimum absolute atomic E-state index is 0.00591. The second kappa shape index (κ2) is 12.5. The molecule has 1 N–H and O–H groups in total. The van der Waals surface area contributed by atoms with Gasteiger partial charge < -0.3 is 23.1 Å². The Kier molecular flexibility index (Phi) is 7.22. The highest BCUT2D eigenvalue weighted by Gasteiger charge is 2.30. The van der Waals surface area contributed by atoms with E-state index in [1.165, 1.54) is 33.0 Å². The van der Waals surface area contributed by atoms with Crippen molar-refractivity contribution in [1.82, 2.24) is 4.57 Å². The predicted molar refractivity (Wildman–Crippen MR) is 265 cm³/mol. The Bertz CT molecular complexity index is 3940. The van der Waals surface area contributed by atoms with Crippen LogP contribution in [0.4, 0.5) is 11.4 Å². The number of fused-ring (bicyclic) bond motifs is 14. The van der Waals surface area contributed by atoms with Gasteiger partial charge in [0.25, 0.3) is 0 Å². The molecule has 8 aromatic carbocycles. The fourth-order valence-electron chi connectivity index (χ4n) is 10.3. The molecule has 0 fully saturated rings. The fraction of sp³-hybridized carbons (Fsp3) is 0.158. The van der Waals surface area contributed by atoms with E-state index in [0.717, 1.165) is 110 Å². The Balaban J connectivity index is 1.12. The Labute approximate surface area is 365 Å². The number of aromatic nitrogens is 1. The van der Waals surface area contributed by atoms with Gasteiger partial charge in [-0.3, -0.25) is 0 Å². The zero-order valence-corrected chi connectivity index (χ0v) is 36.5.